The predicted octanol–water partition coefficient (Wildman–Crippen LogP) is 2.99. The highest BCUT2D eigenvalue weighted by Crippen LogP contribution is 2.30. The van der Waals surface area contributed by atoms with Gasteiger partial charge in [0.1, 0.15) is 33.9 Å². The number of hydrogen-bond donors (Lipinski definition) is 4. The van der Waals surface area contributed by atoms with Gasteiger partial charge in [0.15, 0.2) is 11.5 Å². The number of aromatic hydroxyl groups is 2. The molecule has 178 valence electrons. The van der Waals surface area contributed by atoms with E-state index in [-0.39, 0.29) is 22.5 Å². The van der Waals surface area contributed by atoms with Crippen molar-refractivity contribution < 1.29 is 30.0 Å². The van der Waals surface area contributed by atoms with Crippen LogP contribution in [0.1, 0.15) is 20.7 Å². The largest absolute Gasteiger partial charge is 0.505 e. The number of benzene rings is 3. The molecule has 2 aromatic heterocycles. The maximum absolute atomic E-state index is 11.3. The van der Waals surface area contributed by atoms with E-state index in [1.54, 1.807) is 36.7 Å². The van der Waals surface area contributed by atoms with Crippen LogP contribution in [-0.2, 0) is 0 Å². The van der Waals surface area contributed by atoms with Crippen molar-refractivity contribution in [2.24, 2.45) is 0 Å². The molecule has 2 heterocycles. The van der Waals surface area contributed by atoms with Crippen LogP contribution in [0.5, 0.6) is 11.5 Å². The smallest absolute Gasteiger partial charge is 0.339 e. The van der Waals surface area contributed by atoms with E-state index in [1.165, 1.54) is 45.8 Å². The fraction of sp³-hybridized carbons (Fsp3) is 0. The molecular weight excluding hydrogens is 468 g/mol. The molecule has 4 N–H and O–H groups in total. The molecule has 12 nitrogen and oxygen atoms in total. The van der Waals surface area contributed by atoms with Crippen LogP contribution in [0.4, 0.5) is 0 Å². The van der Waals surface area contributed by atoms with E-state index in [9.17, 15) is 30.0 Å². The van der Waals surface area contributed by atoms with E-state index in [1.807, 2.05) is 0 Å². The van der Waals surface area contributed by atoms with Crippen molar-refractivity contribution in [2.75, 3.05) is 0 Å². The monoisotopic (exact) mass is 484 g/mol. The molecule has 0 bridgehead atoms. The van der Waals surface area contributed by atoms with Crippen LogP contribution in [0.25, 0.3) is 33.9 Å². The summed E-state index contributed by atoms with van der Waals surface area (Å²) in [6, 6.07) is 15.7. The van der Waals surface area contributed by atoms with Gasteiger partial charge in [0.25, 0.3) is 0 Å². The Morgan fingerprint density at radius 1 is 0.639 bits per heavy atom. The zero-order chi connectivity index (χ0) is 25.4. The number of carboxylic acid groups (broad SMARTS) is 2. The molecule has 0 unspecified atom stereocenters. The summed E-state index contributed by atoms with van der Waals surface area (Å²) < 4.78 is 2.55. The van der Waals surface area contributed by atoms with E-state index in [0.717, 1.165) is 0 Å². The molecule has 0 saturated carbocycles. The van der Waals surface area contributed by atoms with Crippen molar-refractivity contribution in [1.82, 2.24) is 30.0 Å². The van der Waals surface area contributed by atoms with Gasteiger partial charge in [-0.15, -0.1) is 10.2 Å². The first kappa shape index (κ1) is 22.3. The van der Waals surface area contributed by atoms with Gasteiger partial charge in [-0.2, -0.15) is 0 Å². The summed E-state index contributed by atoms with van der Waals surface area (Å²) in [4.78, 5) is 22.6. The van der Waals surface area contributed by atoms with E-state index in [2.05, 4.69) is 20.6 Å². The van der Waals surface area contributed by atoms with Crippen LogP contribution in [-0.4, -0.2) is 62.4 Å². The molecule has 3 aromatic carbocycles. The minimum Gasteiger partial charge on any atom is -0.505 e. The quantitative estimate of drug-likeness (QED) is 0.280. The molecule has 0 aliphatic carbocycles. The third kappa shape index (κ3) is 3.88. The van der Waals surface area contributed by atoms with Crippen LogP contribution in [0.15, 0.2) is 73.1 Å². The van der Waals surface area contributed by atoms with Gasteiger partial charge in [-0.25, -0.2) is 19.0 Å². The summed E-state index contributed by atoms with van der Waals surface area (Å²) in [6.45, 7) is 0. The Hall–Kier alpha value is -5.52. The molecule has 12 heteroatoms. The normalized spacial score (nSPS) is 10.9. The maximum Gasteiger partial charge on any atom is 0.339 e. The van der Waals surface area contributed by atoms with E-state index in [4.69, 9.17) is 0 Å². The maximum atomic E-state index is 11.3. The van der Waals surface area contributed by atoms with E-state index in [0.29, 0.717) is 22.5 Å². The first-order valence-corrected chi connectivity index (χ1v) is 10.4. The van der Waals surface area contributed by atoms with E-state index >= 15 is 0 Å². The lowest BCUT2D eigenvalue weighted by molar-refractivity contribution is 0.0682. The third-order valence-corrected chi connectivity index (χ3v) is 5.42. The van der Waals surface area contributed by atoms with Crippen LogP contribution >= 0.6 is 0 Å². The summed E-state index contributed by atoms with van der Waals surface area (Å²) in [5.74, 6) is -3.39. The zero-order valence-corrected chi connectivity index (χ0v) is 18.2. The van der Waals surface area contributed by atoms with Crippen molar-refractivity contribution in [3.63, 3.8) is 0 Å². The molecule has 0 spiro atoms. The number of phenols is 2. The average molecular weight is 484 g/mol. The Labute approximate surface area is 201 Å². The second-order valence-electron chi connectivity index (χ2n) is 7.63. The van der Waals surface area contributed by atoms with Crippen LogP contribution in [0, 0.1) is 0 Å². The fourth-order valence-electron chi connectivity index (χ4n) is 3.64. The number of aromatic carboxylic acids is 2. The summed E-state index contributed by atoms with van der Waals surface area (Å²) in [7, 11) is 0. The SMILES string of the molecule is O=C(O)c1cccc(-n2cc(-c3cccc(-c4cn(-c5cccc(C(=O)O)c5O)nn4)c3)nn2)c1O. The Morgan fingerprint density at radius 2 is 1.06 bits per heavy atom. The molecule has 5 aromatic rings. The summed E-state index contributed by atoms with van der Waals surface area (Å²) in [5.41, 5.74) is 2.06. The summed E-state index contributed by atoms with van der Waals surface area (Å²) >= 11 is 0. The Kier molecular flexibility index (Phi) is 5.37. The standard InChI is InChI=1S/C24H16N6O6/c31-21-15(23(33)34)6-2-8-19(21)29-11-17(25-27-29)13-4-1-5-14(10-13)18-12-30(28-26-18)20-9-3-7-16(22(20)32)24(35)36/h1-12,31-32H,(H,33,34)(H,35,36). The molecule has 0 aliphatic heterocycles. The van der Waals surface area contributed by atoms with Crippen LogP contribution < -0.4 is 0 Å². The van der Waals surface area contributed by atoms with Crippen molar-refractivity contribution in [2.45, 2.75) is 0 Å². The second-order valence-corrected chi connectivity index (χ2v) is 7.63. The van der Waals surface area contributed by atoms with Gasteiger partial charge in [-0.05, 0) is 30.3 Å². The number of rotatable bonds is 6. The number of para-hydroxylation sites is 2. The minimum atomic E-state index is -1.27. The Balaban J connectivity index is 1.47. The fourth-order valence-corrected chi connectivity index (χ4v) is 3.64. The molecule has 36 heavy (non-hydrogen) atoms. The van der Waals surface area contributed by atoms with Crippen molar-refractivity contribution in [3.8, 4) is 45.4 Å². The van der Waals surface area contributed by atoms with Crippen molar-refractivity contribution >= 4 is 11.9 Å². The number of aromatic nitrogens is 6. The minimum absolute atomic E-state index is 0.163. The molecule has 0 saturated heterocycles. The van der Waals surface area contributed by atoms with Gasteiger partial charge in [0.05, 0.1) is 12.4 Å². The van der Waals surface area contributed by atoms with Gasteiger partial charge in [0, 0.05) is 11.1 Å². The third-order valence-electron chi connectivity index (χ3n) is 5.42. The Morgan fingerprint density at radius 3 is 1.47 bits per heavy atom. The molecular formula is C24H16N6O6. The predicted molar refractivity (Wildman–Crippen MR) is 124 cm³/mol. The first-order chi connectivity index (χ1) is 17.3. The van der Waals surface area contributed by atoms with Gasteiger partial charge in [-0.1, -0.05) is 40.8 Å². The number of carbonyl (C=O) groups is 2. The van der Waals surface area contributed by atoms with Gasteiger partial charge in [-0.3, -0.25) is 0 Å². The van der Waals surface area contributed by atoms with Crippen molar-refractivity contribution in [1.29, 1.82) is 0 Å². The van der Waals surface area contributed by atoms with Gasteiger partial charge in [0.2, 0.25) is 0 Å². The highest BCUT2D eigenvalue weighted by molar-refractivity contribution is 5.92. The first-order valence-electron chi connectivity index (χ1n) is 10.4. The lowest BCUT2D eigenvalue weighted by atomic mass is 10.1. The summed E-state index contributed by atoms with van der Waals surface area (Å²) in [5, 5.41) is 55.4. The van der Waals surface area contributed by atoms with Gasteiger partial charge >= 0.3 is 11.9 Å². The molecule has 0 fully saturated rings. The molecule has 0 atom stereocenters. The Bertz CT molecular complexity index is 1520. The summed E-state index contributed by atoms with van der Waals surface area (Å²) in [6.07, 6.45) is 3.10. The van der Waals surface area contributed by atoms with Crippen molar-refractivity contribution in [3.05, 3.63) is 84.2 Å². The van der Waals surface area contributed by atoms with Crippen LogP contribution in [0.3, 0.4) is 0 Å². The number of carboxylic acids is 2. The number of hydrogen-bond acceptors (Lipinski definition) is 8. The molecule has 0 radical (unpaired) electrons. The highest BCUT2D eigenvalue weighted by Gasteiger charge is 2.18. The average Bonchev–Trinajstić information content (AvgIpc) is 3.55. The number of nitrogens with zero attached hydrogens (tertiary/aromatic N) is 6. The highest BCUT2D eigenvalue weighted by atomic mass is 16.4. The lowest BCUT2D eigenvalue weighted by Gasteiger charge is -2.06. The molecule has 0 aliphatic rings. The second kappa shape index (κ2) is 8.68. The lowest BCUT2D eigenvalue weighted by Crippen LogP contribution is -2.01. The van der Waals surface area contributed by atoms with Crippen LogP contribution in [0.2, 0.25) is 0 Å². The molecule has 5 rings (SSSR count). The zero-order valence-electron chi connectivity index (χ0n) is 18.2. The molecule has 0 amide bonds. The van der Waals surface area contributed by atoms with E-state index < -0.39 is 23.4 Å². The van der Waals surface area contributed by atoms with Gasteiger partial charge < -0.3 is 20.4 Å². The topological polar surface area (TPSA) is 176 Å².